The minimum Gasteiger partial charge on any atom is -0.493 e. The first-order valence-electron chi connectivity index (χ1n) is 16.3. The van der Waals surface area contributed by atoms with E-state index in [9.17, 15) is 31.2 Å². The van der Waals surface area contributed by atoms with Crippen LogP contribution in [-0.4, -0.2) is 67.6 Å². The fraction of sp³-hybridized carbons (Fsp3) is 0.429. The monoisotopic (exact) mass is 723 g/mol. The van der Waals surface area contributed by atoms with Gasteiger partial charge >= 0.3 is 18.1 Å². The molecule has 1 aliphatic heterocycles. The summed E-state index contributed by atoms with van der Waals surface area (Å²) in [6, 6.07) is 13.7. The van der Waals surface area contributed by atoms with E-state index in [4.69, 9.17) is 10.5 Å². The number of halogens is 5. The number of hydroxylamine groups is 1. The molecule has 2 fully saturated rings. The highest BCUT2D eigenvalue weighted by Gasteiger charge is 2.58. The summed E-state index contributed by atoms with van der Waals surface area (Å²) in [4.78, 5) is 30.5. The van der Waals surface area contributed by atoms with E-state index in [0.29, 0.717) is 23.7 Å². The van der Waals surface area contributed by atoms with Gasteiger partial charge in [0.1, 0.15) is 5.75 Å². The third-order valence-electron chi connectivity index (χ3n) is 8.99. The molecule has 0 aromatic heterocycles. The van der Waals surface area contributed by atoms with Crippen LogP contribution < -0.4 is 10.5 Å². The molecule has 0 radical (unpaired) electrons. The normalized spacial score (nSPS) is 17.4. The molecule has 1 saturated heterocycles. The van der Waals surface area contributed by atoms with E-state index in [2.05, 4.69) is 4.84 Å². The Morgan fingerprint density at radius 3 is 1.98 bits per heavy atom. The molecule has 15 heteroatoms. The summed E-state index contributed by atoms with van der Waals surface area (Å²) < 4.78 is 107. The molecule has 0 bridgehead atoms. The second kappa shape index (κ2) is 15.4. The van der Waals surface area contributed by atoms with Crippen LogP contribution in [0.5, 0.6) is 5.75 Å². The minimum absolute atomic E-state index is 0.160. The molecule has 50 heavy (non-hydrogen) atoms. The molecule has 5 rings (SSSR count). The molecule has 0 unspecified atom stereocenters. The van der Waals surface area contributed by atoms with Gasteiger partial charge in [0.2, 0.25) is 6.04 Å². The molecule has 3 aromatic rings. The van der Waals surface area contributed by atoms with Crippen LogP contribution in [0.25, 0.3) is 11.1 Å². The lowest BCUT2D eigenvalue weighted by Gasteiger charge is -2.38. The number of carbonyl (C=O) groups excluding carboxylic acids is 2. The summed E-state index contributed by atoms with van der Waals surface area (Å²) in [6.45, 7) is -0.0198. The Morgan fingerprint density at radius 2 is 1.40 bits per heavy atom. The largest absolute Gasteiger partial charge is 0.493 e. The number of hydrogen-bond donors (Lipinski definition) is 1. The van der Waals surface area contributed by atoms with E-state index in [1.807, 2.05) is 0 Å². The lowest BCUT2D eigenvalue weighted by Crippen LogP contribution is -2.60. The van der Waals surface area contributed by atoms with Gasteiger partial charge in [-0.25, -0.2) is 13.2 Å². The summed E-state index contributed by atoms with van der Waals surface area (Å²) >= 11 is 0. The summed E-state index contributed by atoms with van der Waals surface area (Å²) in [5.41, 5.74) is 6.16. The van der Waals surface area contributed by atoms with Crippen molar-refractivity contribution in [1.82, 2.24) is 9.37 Å². The third-order valence-corrected chi connectivity index (χ3v) is 10.6. The average molecular weight is 724 g/mol. The van der Waals surface area contributed by atoms with Crippen LogP contribution in [0.4, 0.5) is 22.0 Å². The highest BCUT2D eigenvalue weighted by atomic mass is 32.2. The number of amides is 1. The van der Waals surface area contributed by atoms with Gasteiger partial charge in [-0.3, -0.25) is 4.79 Å². The summed E-state index contributed by atoms with van der Waals surface area (Å²) in [5, 5.41) is 0. The Balaban J connectivity index is 1.54. The molecule has 3 aromatic carbocycles. The first-order valence-corrected chi connectivity index (χ1v) is 17.8. The maximum atomic E-state index is 16.8. The Labute approximate surface area is 287 Å². The van der Waals surface area contributed by atoms with Gasteiger partial charge in [0, 0.05) is 24.7 Å². The molecule has 0 spiro atoms. The predicted octanol–water partition coefficient (Wildman–Crippen LogP) is 6.43. The Morgan fingerprint density at radius 1 is 0.820 bits per heavy atom. The molecule has 2 N–H and O–H groups in total. The zero-order valence-electron chi connectivity index (χ0n) is 27.0. The van der Waals surface area contributed by atoms with Gasteiger partial charge in [-0.15, -0.1) is 0 Å². The van der Waals surface area contributed by atoms with Crippen molar-refractivity contribution in [1.29, 1.82) is 0 Å². The maximum Gasteiger partial charge on any atom is 0.492 e. The highest BCUT2D eigenvalue weighted by molar-refractivity contribution is 7.89. The fourth-order valence-corrected chi connectivity index (χ4v) is 7.45. The number of carbonyl (C=O) groups is 2. The van der Waals surface area contributed by atoms with Crippen molar-refractivity contribution in [3.63, 3.8) is 0 Å². The van der Waals surface area contributed by atoms with Crippen LogP contribution in [-0.2, 0) is 30.4 Å². The van der Waals surface area contributed by atoms with E-state index < -0.39 is 55.0 Å². The second-order valence-electron chi connectivity index (χ2n) is 12.6. The number of nitrogens with two attached hydrogens (primary N) is 1. The van der Waals surface area contributed by atoms with Gasteiger partial charge in [0.25, 0.3) is 15.9 Å². The molecular formula is C35H38F5N3O6S. The first-order chi connectivity index (χ1) is 23.7. The van der Waals surface area contributed by atoms with Crippen molar-refractivity contribution in [3.05, 3.63) is 84.4 Å². The van der Waals surface area contributed by atoms with Crippen LogP contribution in [0, 0.1) is 5.92 Å². The maximum absolute atomic E-state index is 16.8. The lowest BCUT2D eigenvalue weighted by molar-refractivity contribution is -0.239. The second-order valence-corrected chi connectivity index (χ2v) is 14.3. The van der Waals surface area contributed by atoms with Crippen molar-refractivity contribution in [2.75, 3.05) is 19.7 Å². The van der Waals surface area contributed by atoms with E-state index in [1.54, 1.807) is 30.3 Å². The summed E-state index contributed by atoms with van der Waals surface area (Å²) in [6.07, 6.45) is -0.303. The van der Waals surface area contributed by atoms with Crippen LogP contribution >= 0.6 is 0 Å². The summed E-state index contributed by atoms with van der Waals surface area (Å²) in [7, 11) is -5.56. The molecule has 1 heterocycles. The van der Waals surface area contributed by atoms with Crippen molar-refractivity contribution >= 4 is 21.9 Å². The molecule has 1 atom stereocenters. The Bertz CT molecular complexity index is 1710. The van der Waals surface area contributed by atoms with Crippen LogP contribution in [0.2, 0.25) is 0 Å². The van der Waals surface area contributed by atoms with E-state index in [1.165, 1.54) is 24.3 Å². The molecular weight excluding hydrogens is 685 g/mol. The van der Waals surface area contributed by atoms with Crippen LogP contribution in [0.15, 0.2) is 83.8 Å². The van der Waals surface area contributed by atoms with Gasteiger partial charge in [-0.1, -0.05) is 73.9 Å². The number of ether oxygens (including phenoxy) is 1. The van der Waals surface area contributed by atoms with Crippen molar-refractivity contribution in [3.8, 4) is 16.9 Å². The van der Waals surface area contributed by atoms with E-state index in [-0.39, 0.29) is 37.7 Å². The van der Waals surface area contributed by atoms with Crippen molar-refractivity contribution < 1.29 is 49.5 Å². The lowest BCUT2D eigenvalue weighted by atomic mass is 9.90. The van der Waals surface area contributed by atoms with Gasteiger partial charge in [0.05, 0.1) is 11.5 Å². The van der Waals surface area contributed by atoms with Gasteiger partial charge in [-0.05, 0) is 71.5 Å². The Kier molecular flexibility index (Phi) is 11.5. The number of sulfonamides is 1. The smallest absolute Gasteiger partial charge is 0.492 e. The number of likely N-dealkylation sites (tertiary alicyclic amines) is 1. The predicted molar refractivity (Wildman–Crippen MR) is 173 cm³/mol. The minimum atomic E-state index is -5.80. The van der Waals surface area contributed by atoms with Crippen LogP contribution in [0.3, 0.4) is 0 Å². The number of piperidine rings is 1. The summed E-state index contributed by atoms with van der Waals surface area (Å²) in [5.74, 6) is -8.67. The fourth-order valence-electron chi connectivity index (χ4n) is 6.10. The zero-order valence-corrected chi connectivity index (χ0v) is 27.8. The molecule has 1 saturated carbocycles. The van der Waals surface area contributed by atoms with Gasteiger partial charge in [0.15, 0.2) is 0 Å². The van der Waals surface area contributed by atoms with Gasteiger partial charge in [-0.2, -0.15) is 22.0 Å². The molecule has 9 nitrogen and oxygen atoms in total. The van der Waals surface area contributed by atoms with Crippen molar-refractivity contribution in [2.45, 2.75) is 74.0 Å². The van der Waals surface area contributed by atoms with Gasteiger partial charge < -0.3 is 20.2 Å². The number of rotatable bonds is 11. The van der Waals surface area contributed by atoms with E-state index >= 15 is 8.78 Å². The highest BCUT2D eigenvalue weighted by Crippen LogP contribution is 2.40. The molecule has 1 amide bonds. The molecule has 1 aliphatic carbocycles. The van der Waals surface area contributed by atoms with Crippen LogP contribution in [0.1, 0.15) is 50.5 Å². The number of nitrogens with zero attached hydrogens (tertiary/aromatic N) is 2. The third kappa shape index (κ3) is 8.61. The first kappa shape index (κ1) is 37.2. The Hall–Kier alpha value is -4.08. The quantitative estimate of drug-likeness (QED) is 0.179. The molecule has 270 valence electrons. The average Bonchev–Trinajstić information content (AvgIpc) is 3.11. The number of benzene rings is 3. The van der Waals surface area contributed by atoms with E-state index in [0.717, 1.165) is 61.3 Å². The number of alkyl halides is 5. The molecule has 2 aliphatic rings. The van der Waals surface area contributed by atoms with Crippen molar-refractivity contribution in [2.24, 2.45) is 11.7 Å². The number of hydrogen-bond acceptors (Lipinski definition) is 7. The zero-order chi connectivity index (χ0) is 36.1. The standard InChI is InChI=1S/C35H38F5N3O6S/c36-34(37,27-13-11-26(12-14-27)25-9-5-2-6-10-25)31(32(44)42-21-19-28(41)20-22-42)43(49-33(45)35(38,39)40)50(46,47)30-17-15-29(16-18-30)48-23-24-7-3-1-4-8-24/h2,5-6,9-18,24,28,31H,1,3-4,7-8,19-23,41H2/t31-/m1/s1. The SMILES string of the molecule is NC1CCN(C(=O)[C@@H](N(OC(=O)C(F)(F)F)S(=O)(=O)c2ccc(OCC3CCCCC3)cc2)C(F)(F)c2ccc(-c3ccccc3)cc2)CC1. The topological polar surface area (TPSA) is 119 Å².